The van der Waals surface area contributed by atoms with Gasteiger partial charge in [0.15, 0.2) is 5.13 Å². The Morgan fingerprint density at radius 2 is 1.88 bits per heavy atom. The highest BCUT2D eigenvalue weighted by atomic mass is 35.5. The maximum Gasteiger partial charge on any atom is 0.185 e. The molecule has 1 atom stereocenters. The second kappa shape index (κ2) is 7.19. The van der Waals surface area contributed by atoms with Gasteiger partial charge in [-0.15, -0.1) is 23.7 Å². The summed E-state index contributed by atoms with van der Waals surface area (Å²) in [5.74, 6) is 0.668. The lowest BCUT2D eigenvalue weighted by Gasteiger charge is -2.16. The average molecular weight is 278 g/mol. The van der Waals surface area contributed by atoms with Crippen molar-refractivity contribution in [2.45, 2.75) is 40.3 Å². The molecular formula is C12H24ClN3S. The van der Waals surface area contributed by atoms with E-state index in [4.69, 9.17) is 0 Å². The number of thiazole rings is 1. The van der Waals surface area contributed by atoms with E-state index >= 15 is 0 Å². The Labute approximate surface area is 115 Å². The molecule has 0 aliphatic rings. The minimum Gasteiger partial charge on any atom is -0.354 e. The van der Waals surface area contributed by atoms with Crippen LogP contribution in [0.1, 0.15) is 31.3 Å². The average Bonchev–Trinajstić information content (AvgIpc) is 2.56. The molecule has 0 aromatic carbocycles. The molecule has 1 aromatic rings. The van der Waals surface area contributed by atoms with Gasteiger partial charge < -0.3 is 10.2 Å². The van der Waals surface area contributed by atoms with E-state index < -0.39 is 0 Å². The van der Waals surface area contributed by atoms with Crippen LogP contribution in [0.2, 0.25) is 0 Å². The van der Waals surface area contributed by atoms with Crippen molar-refractivity contribution >= 4 is 28.9 Å². The monoisotopic (exact) mass is 277 g/mol. The Bertz CT molecular complexity index is 336. The first-order chi connectivity index (χ1) is 7.41. The first-order valence-electron chi connectivity index (χ1n) is 5.78. The van der Waals surface area contributed by atoms with E-state index in [0.717, 1.165) is 17.4 Å². The molecule has 1 heterocycles. The van der Waals surface area contributed by atoms with E-state index in [0.29, 0.717) is 12.0 Å². The first-order valence-corrected chi connectivity index (χ1v) is 6.60. The molecule has 5 heteroatoms. The van der Waals surface area contributed by atoms with E-state index in [9.17, 15) is 0 Å². The number of anilines is 1. The van der Waals surface area contributed by atoms with Crippen LogP contribution in [0, 0.1) is 12.8 Å². The summed E-state index contributed by atoms with van der Waals surface area (Å²) < 4.78 is 0. The fraction of sp³-hybridized carbons (Fsp3) is 0.750. The van der Waals surface area contributed by atoms with Crippen molar-refractivity contribution in [3.05, 3.63) is 10.6 Å². The van der Waals surface area contributed by atoms with Crippen molar-refractivity contribution in [2.24, 2.45) is 5.92 Å². The molecule has 17 heavy (non-hydrogen) atoms. The molecule has 1 unspecified atom stereocenters. The molecule has 0 fully saturated rings. The van der Waals surface area contributed by atoms with E-state index in [-0.39, 0.29) is 12.4 Å². The maximum absolute atomic E-state index is 4.54. The highest BCUT2D eigenvalue weighted by Gasteiger charge is 2.11. The molecule has 0 saturated heterocycles. The lowest BCUT2D eigenvalue weighted by molar-refractivity contribution is 0.427. The van der Waals surface area contributed by atoms with Crippen LogP contribution in [0.25, 0.3) is 0 Å². The number of halogens is 1. The van der Waals surface area contributed by atoms with Gasteiger partial charge in [0, 0.05) is 31.6 Å². The van der Waals surface area contributed by atoms with Gasteiger partial charge in [0.25, 0.3) is 0 Å². The molecule has 3 nitrogen and oxygen atoms in total. The summed E-state index contributed by atoms with van der Waals surface area (Å²) in [6, 6.07) is 0.546. The second-order valence-electron chi connectivity index (χ2n) is 4.81. The second-order valence-corrected chi connectivity index (χ2v) is 5.88. The first kappa shape index (κ1) is 16.7. The smallest absolute Gasteiger partial charge is 0.185 e. The maximum atomic E-state index is 4.54. The van der Waals surface area contributed by atoms with Crippen LogP contribution in [0.5, 0.6) is 0 Å². The minimum absolute atomic E-state index is 0. The molecule has 1 rings (SSSR count). The highest BCUT2D eigenvalue weighted by molar-refractivity contribution is 7.15. The topological polar surface area (TPSA) is 28.2 Å². The number of aryl methyl sites for hydroxylation is 1. The molecule has 0 aliphatic carbocycles. The predicted octanol–water partition coefficient (Wildman–Crippen LogP) is 3.07. The normalized spacial score (nSPS) is 12.4. The molecule has 0 radical (unpaired) electrons. The summed E-state index contributed by atoms with van der Waals surface area (Å²) in [6.45, 7) is 9.72. The Hall–Kier alpha value is -0.320. The van der Waals surface area contributed by atoms with Gasteiger partial charge in [-0.2, -0.15) is 0 Å². The van der Waals surface area contributed by atoms with Crippen LogP contribution < -0.4 is 10.2 Å². The van der Waals surface area contributed by atoms with Crippen LogP contribution in [0.3, 0.4) is 0 Å². The molecular weight excluding hydrogens is 254 g/mol. The molecule has 0 bridgehead atoms. The van der Waals surface area contributed by atoms with Crippen molar-refractivity contribution < 1.29 is 0 Å². The molecule has 0 saturated carbocycles. The van der Waals surface area contributed by atoms with Gasteiger partial charge in [-0.05, 0) is 19.8 Å². The lowest BCUT2D eigenvalue weighted by Crippen LogP contribution is -2.30. The summed E-state index contributed by atoms with van der Waals surface area (Å²) in [5.41, 5.74) is 1.15. The van der Waals surface area contributed by atoms with Crippen LogP contribution in [0.15, 0.2) is 0 Å². The van der Waals surface area contributed by atoms with E-state index in [2.05, 4.69) is 42.9 Å². The third-order valence-electron chi connectivity index (χ3n) is 2.85. The summed E-state index contributed by atoms with van der Waals surface area (Å²) in [4.78, 5) is 7.94. The van der Waals surface area contributed by atoms with Crippen LogP contribution in [-0.4, -0.2) is 25.1 Å². The summed E-state index contributed by atoms with van der Waals surface area (Å²) in [6.07, 6.45) is 0. The highest BCUT2D eigenvalue weighted by Crippen LogP contribution is 2.24. The van der Waals surface area contributed by atoms with Crippen LogP contribution in [-0.2, 0) is 6.54 Å². The summed E-state index contributed by atoms with van der Waals surface area (Å²) in [5, 5.41) is 4.63. The number of rotatable bonds is 5. The molecule has 0 spiro atoms. The van der Waals surface area contributed by atoms with Crippen molar-refractivity contribution in [1.29, 1.82) is 0 Å². The summed E-state index contributed by atoms with van der Waals surface area (Å²) >= 11 is 1.77. The zero-order chi connectivity index (χ0) is 12.3. The molecule has 1 aromatic heterocycles. The lowest BCUT2D eigenvalue weighted by atomic mass is 10.1. The van der Waals surface area contributed by atoms with Gasteiger partial charge in [0.2, 0.25) is 0 Å². The van der Waals surface area contributed by atoms with Crippen LogP contribution >= 0.6 is 23.7 Å². The third-order valence-corrected chi connectivity index (χ3v) is 4.17. The van der Waals surface area contributed by atoms with Gasteiger partial charge >= 0.3 is 0 Å². The summed E-state index contributed by atoms with van der Waals surface area (Å²) in [7, 11) is 4.07. The van der Waals surface area contributed by atoms with Gasteiger partial charge in [0.05, 0.1) is 5.69 Å². The van der Waals surface area contributed by atoms with Crippen molar-refractivity contribution in [2.75, 3.05) is 19.0 Å². The van der Waals surface area contributed by atoms with Crippen LogP contribution in [0.4, 0.5) is 5.13 Å². The largest absolute Gasteiger partial charge is 0.354 e. The quantitative estimate of drug-likeness (QED) is 0.897. The number of nitrogens with one attached hydrogen (secondary N) is 1. The van der Waals surface area contributed by atoms with Gasteiger partial charge in [-0.25, -0.2) is 4.98 Å². The minimum atomic E-state index is 0. The number of hydrogen-bond acceptors (Lipinski definition) is 4. The van der Waals surface area contributed by atoms with Crippen molar-refractivity contribution in [3.8, 4) is 0 Å². The number of hydrogen-bond donors (Lipinski definition) is 1. The standard InChI is InChI=1S/C12H23N3S.ClH/c1-8(2)9(3)13-7-11-10(4)14-12(16-11)15(5)6;/h8-9,13H,7H2,1-6H3;1H. The van der Waals surface area contributed by atoms with E-state index in [1.165, 1.54) is 4.88 Å². The Morgan fingerprint density at radius 1 is 1.29 bits per heavy atom. The van der Waals surface area contributed by atoms with Crippen molar-refractivity contribution in [3.63, 3.8) is 0 Å². The molecule has 0 aliphatic heterocycles. The number of aromatic nitrogens is 1. The van der Waals surface area contributed by atoms with E-state index in [1.807, 2.05) is 14.1 Å². The zero-order valence-electron chi connectivity index (χ0n) is 11.6. The SMILES string of the molecule is Cc1nc(N(C)C)sc1CNC(C)C(C)C.Cl. The van der Waals surface area contributed by atoms with Gasteiger partial charge in [-0.3, -0.25) is 0 Å². The van der Waals surface area contributed by atoms with Crippen molar-refractivity contribution in [1.82, 2.24) is 10.3 Å². The van der Waals surface area contributed by atoms with Gasteiger partial charge in [-0.1, -0.05) is 13.8 Å². The molecule has 1 N–H and O–H groups in total. The Morgan fingerprint density at radius 3 is 2.29 bits per heavy atom. The Balaban J connectivity index is 0.00000256. The number of nitrogens with zero attached hydrogens (tertiary/aromatic N) is 2. The Kier molecular flexibility index (Phi) is 7.05. The fourth-order valence-electron chi connectivity index (χ4n) is 1.26. The molecule has 100 valence electrons. The fourth-order valence-corrected chi connectivity index (χ4v) is 2.19. The third kappa shape index (κ3) is 4.82. The zero-order valence-corrected chi connectivity index (χ0v) is 13.2. The molecule has 0 amide bonds. The van der Waals surface area contributed by atoms with E-state index in [1.54, 1.807) is 11.3 Å². The predicted molar refractivity (Wildman–Crippen MR) is 79.6 cm³/mol. The van der Waals surface area contributed by atoms with Gasteiger partial charge in [0.1, 0.15) is 0 Å².